The zero-order chi connectivity index (χ0) is 16.1. The molecule has 22 heavy (non-hydrogen) atoms. The Morgan fingerprint density at radius 2 is 1.86 bits per heavy atom. The molecule has 0 aromatic heterocycles. The minimum absolute atomic E-state index is 0.146. The van der Waals surface area contributed by atoms with Gasteiger partial charge in [-0.25, -0.2) is 0 Å². The van der Waals surface area contributed by atoms with Crippen molar-refractivity contribution < 1.29 is 31.8 Å². The van der Waals surface area contributed by atoms with Crippen molar-refractivity contribution in [3.05, 3.63) is 29.8 Å². The smallest absolute Gasteiger partial charge is 0.387 e. The van der Waals surface area contributed by atoms with E-state index in [-0.39, 0.29) is 29.0 Å². The summed E-state index contributed by atoms with van der Waals surface area (Å²) >= 11 is 0. The highest BCUT2D eigenvalue weighted by molar-refractivity contribution is 5.92. The Balaban J connectivity index is 2.12. The first-order chi connectivity index (χ1) is 10.4. The van der Waals surface area contributed by atoms with Gasteiger partial charge in [-0.15, -0.1) is 0 Å². The van der Waals surface area contributed by atoms with Crippen molar-refractivity contribution in [1.82, 2.24) is 5.32 Å². The Bertz CT molecular complexity index is 559. The highest BCUT2D eigenvalue weighted by atomic mass is 19.3. The molecule has 1 aromatic rings. The van der Waals surface area contributed by atoms with Crippen molar-refractivity contribution >= 4 is 12.0 Å². The number of rotatable bonds is 7. The number of hydrogen-bond acceptors (Lipinski definition) is 3. The molecule has 2 rings (SSSR count). The Morgan fingerprint density at radius 3 is 2.45 bits per heavy atom. The summed E-state index contributed by atoms with van der Waals surface area (Å²) in [7, 11) is 0. The third kappa shape index (κ3) is 5.27. The largest absolute Gasteiger partial charge is 0.435 e. The number of alkyl halides is 4. The lowest BCUT2D eigenvalue weighted by Gasteiger charge is -2.11. The molecule has 120 valence electrons. The van der Waals surface area contributed by atoms with E-state index < -0.39 is 13.2 Å². The quantitative estimate of drug-likeness (QED) is 0.620. The maximum absolute atomic E-state index is 12.4. The minimum Gasteiger partial charge on any atom is -0.435 e. The molecular weight excluding hydrogens is 306 g/mol. The van der Waals surface area contributed by atoms with Crippen LogP contribution in [0.15, 0.2) is 24.3 Å². The van der Waals surface area contributed by atoms with Gasteiger partial charge < -0.3 is 14.8 Å². The fourth-order valence-corrected chi connectivity index (χ4v) is 1.67. The summed E-state index contributed by atoms with van der Waals surface area (Å²) < 4.78 is 57.3. The Hall–Kier alpha value is -2.25. The zero-order valence-corrected chi connectivity index (χ0v) is 11.3. The van der Waals surface area contributed by atoms with E-state index in [0.717, 1.165) is 18.9 Å². The van der Waals surface area contributed by atoms with Gasteiger partial charge in [0.2, 0.25) is 5.91 Å². The van der Waals surface area contributed by atoms with Gasteiger partial charge in [-0.2, -0.15) is 17.6 Å². The summed E-state index contributed by atoms with van der Waals surface area (Å²) in [5, 5.41) is 2.68. The lowest BCUT2D eigenvalue weighted by Crippen LogP contribution is -2.22. The number of carbonyl (C=O) groups is 1. The number of halogens is 4. The van der Waals surface area contributed by atoms with Crippen LogP contribution in [-0.2, 0) is 4.79 Å². The molecule has 0 radical (unpaired) electrons. The maximum atomic E-state index is 12.4. The number of amides is 1. The number of nitrogens with one attached hydrogen (secondary N) is 1. The zero-order valence-electron chi connectivity index (χ0n) is 11.3. The van der Waals surface area contributed by atoms with Gasteiger partial charge in [-0.05, 0) is 31.1 Å². The summed E-state index contributed by atoms with van der Waals surface area (Å²) in [4.78, 5) is 11.5. The SMILES string of the molecule is O=C(/C=C/c1ccc(OC(F)F)cc1OC(F)F)NC1CC1. The predicted molar refractivity (Wildman–Crippen MR) is 69.9 cm³/mol. The molecule has 1 fully saturated rings. The molecular formula is C14H13F4NO3. The topological polar surface area (TPSA) is 47.6 Å². The van der Waals surface area contributed by atoms with Crippen LogP contribution < -0.4 is 14.8 Å². The monoisotopic (exact) mass is 319 g/mol. The van der Waals surface area contributed by atoms with E-state index in [1.165, 1.54) is 24.3 Å². The van der Waals surface area contributed by atoms with Crippen molar-refractivity contribution in [2.24, 2.45) is 0 Å². The van der Waals surface area contributed by atoms with Crippen LogP contribution in [0.1, 0.15) is 18.4 Å². The first-order valence-electron chi connectivity index (χ1n) is 6.46. The fraction of sp³-hybridized carbons (Fsp3) is 0.357. The van der Waals surface area contributed by atoms with E-state index in [2.05, 4.69) is 14.8 Å². The summed E-state index contributed by atoms with van der Waals surface area (Å²) in [5.41, 5.74) is 0.146. The molecule has 0 atom stereocenters. The lowest BCUT2D eigenvalue weighted by atomic mass is 10.1. The molecule has 1 N–H and O–H groups in total. The van der Waals surface area contributed by atoms with Crippen LogP contribution in [0, 0.1) is 0 Å². The van der Waals surface area contributed by atoms with E-state index in [9.17, 15) is 22.4 Å². The molecule has 0 saturated heterocycles. The summed E-state index contributed by atoms with van der Waals surface area (Å²) in [6.07, 6.45) is 4.26. The highest BCUT2D eigenvalue weighted by Gasteiger charge is 2.22. The molecule has 0 unspecified atom stereocenters. The van der Waals surface area contributed by atoms with Crippen LogP contribution in [0.5, 0.6) is 11.5 Å². The summed E-state index contributed by atoms with van der Waals surface area (Å²) in [5.74, 6) is -1.03. The van der Waals surface area contributed by atoms with Crippen molar-refractivity contribution in [3.8, 4) is 11.5 Å². The Labute approximate surface area is 123 Å². The lowest BCUT2D eigenvalue weighted by molar-refractivity contribution is -0.116. The van der Waals surface area contributed by atoms with Crippen LogP contribution in [0.4, 0.5) is 17.6 Å². The molecule has 1 aliphatic rings. The molecule has 4 nitrogen and oxygen atoms in total. The molecule has 1 saturated carbocycles. The van der Waals surface area contributed by atoms with Crippen LogP contribution >= 0.6 is 0 Å². The molecule has 1 amide bonds. The van der Waals surface area contributed by atoms with Crippen LogP contribution in [0.25, 0.3) is 6.08 Å². The highest BCUT2D eigenvalue weighted by Crippen LogP contribution is 2.28. The predicted octanol–water partition coefficient (Wildman–Crippen LogP) is 3.18. The van der Waals surface area contributed by atoms with Gasteiger partial charge in [0.15, 0.2) is 0 Å². The third-order valence-electron chi connectivity index (χ3n) is 2.76. The van der Waals surface area contributed by atoms with Gasteiger partial charge in [-0.3, -0.25) is 4.79 Å². The van der Waals surface area contributed by atoms with Gasteiger partial charge in [0.05, 0.1) is 0 Å². The second-order valence-electron chi connectivity index (χ2n) is 4.57. The average molecular weight is 319 g/mol. The molecule has 8 heteroatoms. The van der Waals surface area contributed by atoms with Gasteiger partial charge in [0.1, 0.15) is 11.5 Å². The van der Waals surface area contributed by atoms with Crippen molar-refractivity contribution in [2.45, 2.75) is 32.1 Å². The van der Waals surface area contributed by atoms with Crippen LogP contribution in [0.2, 0.25) is 0 Å². The number of benzene rings is 1. The first kappa shape index (κ1) is 16.1. The number of carbonyl (C=O) groups excluding carboxylic acids is 1. The first-order valence-corrected chi connectivity index (χ1v) is 6.46. The standard InChI is InChI=1S/C14H13F4NO3/c15-13(16)21-10-5-1-8(11(7-10)22-14(17)18)2-6-12(20)19-9-3-4-9/h1-2,5-7,9,13-14H,3-4H2,(H,19,20)/b6-2+. The van der Waals surface area contributed by atoms with E-state index in [0.29, 0.717) is 0 Å². The van der Waals surface area contributed by atoms with Gasteiger partial charge in [-0.1, -0.05) is 0 Å². The molecule has 1 aromatic carbocycles. The third-order valence-corrected chi connectivity index (χ3v) is 2.76. The van der Waals surface area contributed by atoms with Gasteiger partial charge in [0.25, 0.3) is 0 Å². The summed E-state index contributed by atoms with van der Waals surface area (Å²) in [6, 6.07) is 3.49. The van der Waals surface area contributed by atoms with E-state index in [1.54, 1.807) is 0 Å². The van der Waals surface area contributed by atoms with E-state index in [4.69, 9.17) is 0 Å². The Morgan fingerprint density at radius 1 is 1.18 bits per heavy atom. The van der Waals surface area contributed by atoms with Gasteiger partial charge in [0, 0.05) is 23.7 Å². The van der Waals surface area contributed by atoms with Gasteiger partial charge >= 0.3 is 13.2 Å². The second kappa shape index (κ2) is 7.15. The minimum atomic E-state index is -3.13. The maximum Gasteiger partial charge on any atom is 0.387 e. The fourth-order valence-electron chi connectivity index (χ4n) is 1.67. The van der Waals surface area contributed by atoms with Crippen molar-refractivity contribution in [3.63, 3.8) is 0 Å². The molecule has 0 bridgehead atoms. The molecule has 0 aliphatic heterocycles. The summed E-state index contributed by atoms with van der Waals surface area (Å²) in [6.45, 7) is -6.21. The van der Waals surface area contributed by atoms with Crippen molar-refractivity contribution in [2.75, 3.05) is 0 Å². The van der Waals surface area contributed by atoms with Crippen molar-refractivity contribution in [1.29, 1.82) is 0 Å². The van der Waals surface area contributed by atoms with E-state index in [1.807, 2.05) is 0 Å². The molecule has 1 aliphatic carbocycles. The molecule has 0 heterocycles. The van der Waals surface area contributed by atoms with Crippen LogP contribution in [0.3, 0.4) is 0 Å². The van der Waals surface area contributed by atoms with Crippen LogP contribution in [-0.4, -0.2) is 25.2 Å². The molecule has 0 spiro atoms. The normalized spacial score (nSPS) is 14.6. The second-order valence-corrected chi connectivity index (χ2v) is 4.57. The number of hydrogen-bond donors (Lipinski definition) is 1. The average Bonchev–Trinajstić information content (AvgIpc) is 3.20. The van der Waals surface area contributed by atoms with E-state index >= 15 is 0 Å². The number of ether oxygens (including phenoxy) is 2. The Kier molecular flexibility index (Phi) is 5.24.